The number of nitrogens with one attached hydrogen (secondary N) is 1. The summed E-state index contributed by atoms with van der Waals surface area (Å²) in [6.07, 6.45) is 1.02. The molecular formula is C11H15N3. The molecule has 0 fully saturated rings. The van der Waals surface area contributed by atoms with Crippen LogP contribution in [0.15, 0.2) is 24.3 Å². The van der Waals surface area contributed by atoms with E-state index in [4.69, 9.17) is 0 Å². The van der Waals surface area contributed by atoms with E-state index in [2.05, 4.69) is 41.3 Å². The molecule has 0 aliphatic rings. The average Bonchev–Trinajstić information content (AvgIpc) is 2.58. The number of likely N-dealkylation sites (N-methyl/N-ethyl adjacent to an activating group) is 1. The van der Waals surface area contributed by atoms with E-state index >= 15 is 0 Å². The lowest BCUT2D eigenvalue weighted by atomic mass is 10.2. The molecule has 74 valence electrons. The summed E-state index contributed by atoms with van der Waals surface area (Å²) in [5.41, 5.74) is 2.29. The number of benzene rings is 1. The quantitative estimate of drug-likeness (QED) is 0.796. The smallest absolute Gasteiger partial charge is 0.0923 e. The predicted octanol–water partition coefficient (Wildman–Crippen LogP) is 1.67. The highest BCUT2D eigenvalue weighted by Gasteiger charge is 2.03. The van der Waals surface area contributed by atoms with Crippen LogP contribution in [0.5, 0.6) is 0 Å². The summed E-state index contributed by atoms with van der Waals surface area (Å²) < 4.78 is 0. The lowest BCUT2D eigenvalue weighted by Crippen LogP contribution is -2.15. The van der Waals surface area contributed by atoms with Crippen LogP contribution < -0.4 is 0 Å². The molecule has 0 saturated heterocycles. The van der Waals surface area contributed by atoms with Gasteiger partial charge in [-0.1, -0.05) is 18.2 Å². The molecule has 3 nitrogen and oxygen atoms in total. The van der Waals surface area contributed by atoms with Gasteiger partial charge in [-0.25, -0.2) is 0 Å². The largest absolute Gasteiger partial charge is 0.309 e. The second kappa shape index (κ2) is 3.80. The van der Waals surface area contributed by atoms with Crippen LogP contribution in [0.25, 0.3) is 10.9 Å². The maximum absolute atomic E-state index is 4.25. The van der Waals surface area contributed by atoms with Gasteiger partial charge in [-0.05, 0) is 20.2 Å². The highest BCUT2D eigenvalue weighted by molar-refractivity contribution is 5.81. The second-order valence-electron chi connectivity index (χ2n) is 3.77. The van der Waals surface area contributed by atoms with E-state index in [0.29, 0.717) is 0 Å². The summed E-state index contributed by atoms with van der Waals surface area (Å²) in [6.45, 7) is 1.05. The molecule has 1 N–H and O–H groups in total. The van der Waals surface area contributed by atoms with Crippen LogP contribution in [0.3, 0.4) is 0 Å². The third-order valence-electron chi connectivity index (χ3n) is 2.35. The number of H-pyrrole nitrogens is 1. The van der Waals surface area contributed by atoms with Gasteiger partial charge in [-0.15, -0.1) is 0 Å². The van der Waals surface area contributed by atoms with Gasteiger partial charge in [0.05, 0.1) is 5.52 Å². The third kappa shape index (κ3) is 1.77. The molecule has 2 aromatic rings. The molecule has 0 aliphatic heterocycles. The zero-order chi connectivity index (χ0) is 9.97. The molecule has 0 saturated carbocycles. The van der Waals surface area contributed by atoms with Crippen LogP contribution in [-0.4, -0.2) is 35.7 Å². The van der Waals surface area contributed by atoms with Crippen molar-refractivity contribution in [3.05, 3.63) is 30.0 Å². The number of nitrogens with zero attached hydrogens (tertiary/aromatic N) is 2. The summed E-state index contributed by atoms with van der Waals surface area (Å²) in [5.74, 6) is 0. The second-order valence-corrected chi connectivity index (χ2v) is 3.77. The Morgan fingerprint density at radius 3 is 2.86 bits per heavy atom. The summed E-state index contributed by atoms with van der Waals surface area (Å²) in [6, 6.07) is 8.21. The Balaban J connectivity index is 2.25. The summed E-state index contributed by atoms with van der Waals surface area (Å²) >= 11 is 0. The van der Waals surface area contributed by atoms with Crippen molar-refractivity contribution >= 4 is 10.9 Å². The SMILES string of the molecule is CN(C)CCc1[nH]nc2ccccc12. The molecule has 0 radical (unpaired) electrons. The standard InChI is InChI=1S/C11H15N3/c1-14(2)8-7-11-9-5-3-4-6-10(9)12-13-11/h3-6H,7-8H2,1-2H3,(H,12,13). The van der Waals surface area contributed by atoms with Crippen molar-refractivity contribution in [3.8, 4) is 0 Å². The van der Waals surface area contributed by atoms with Gasteiger partial charge in [-0.3, -0.25) is 5.10 Å². The Hall–Kier alpha value is -1.35. The number of rotatable bonds is 3. The van der Waals surface area contributed by atoms with Gasteiger partial charge in [0, 0.05) is 24.0 Å². The van der Waals surface area contributed by atoms with Crippen molar-refractivity contribution in [2.75, 3.05) is 20.6 Å². The van der Waals surface area contributed by atoms with Gasteiger partial charge in [0.25, 0.3) is 0 Å². The van der Waals surface area contributed by atoms with Gasteiger partial charge < -0.3 is 4.90 Å². The van der Waals surface area contributed by atoms with Crippen LogP contribution in [-0.2, 0) is 6.42 Å². The Morgan fingerprint density at radius 1 is 1.29 bits per heavy atom. The fourth-order valence-electron chi connectivity index (χ4n) is 1.54. The molecule has 1 heterocycles. The average molecular weight is 189 g/mol. The first-order chi connectivity index (χ1) is 6.77. The highest BCUT2D eigenvalue weighted by Crippen LogP contribution is 2.15. The third-order valence-corrected chi connectivity index (χ3v) is 2.35. The van der Waals surface area contributed by atoms with E-state index in [1.54, 1.807) is 0 Å². The van der Waals surface area contributed by atoms with Gasteiger partial charge in [0.2, 0.25) is 0 Å². The molecule has 0 amide bonds. The lowest BCUT2D eigenvalue weighted by Gasteiger charge is -2.07. The van der Waals surface area contributed by atoms with Gasteiger partial charge in [0.1, 0.15) is 0 Å². The van der Waals surface area contributed by atoms with Crippen LogP contribution in [0.1, 0.15) is 5.69 Å². The topological polar surface area (TPSA) is 31.9 Å². The van der Waals surface area contributed by atoms with Crippen molar-refractivity contribution < 1.29 is 0 Å². The fourth-order valence-corrected chi connectivity index (χ4v) is 1.54. The lowest BCUT2D eigenvalue weighted by molar-refractivity contribution is 0.412. The van der Waals surface area contributed by atoms with Crippen molar-refractivity contribution in [1.82, 2.24) is 15.1 Å². The molecule has 0 unspecified atom stereocenters. The molecule has 0 aliphatic carbocycles. The molecule has 14 heavy (non-hydrogen) atoms. The van der Waals surface area contributed by atoms with E-state index in [1.807, 2.05) is 12.1 Å². The highest BCUT2D eigenvalue weighted by atomic mass is 15.1. The van der Waals surface area contributed by atoms with Crippen molar-refractivity contribution in [3.63, 3.8) is 0 Å². The van der Waals surface area contributed by atoms with E-state index in [0.717, 1.165) is 18.5 Å². The van der Waals surface area contributed by atoms with Gasteiger partial charge in [0.15, 0.2) is 0 Å². The fraction of sp³-hybridized carbons (Fsp3) is 0.364. The first-order valence-corrected chi connectivity index (χ1v) is 4.84. The Bertz CT molecular complexity index is 417. The van der Waals surface area contributed by atoms with Crippen LogP contribution in [0.4, 0.5) is 0 Å². The zero-order valence-corrected chi connectivity index (χ0v) is 8.62. The minimum Gasteiger partial charge on any atom is -0.309 e. The molecule has 1 aromatic carbocycles. The molecule has 3 heteroatoms. The molecule has 0 spiro atoms. The Morgan fingerprint density at radius 2 is 2.07 bits per heavy atom. The van der Waals surface area contributed by atoms with E-state index in [1.165, 1.54) is 11.1 Å². The molecule has 0 atom stereocenters. The maximum atomic E-state index is 4.25. The van der Waals surface area contributed by atoms with Crippen LogP contribution >= 0.6 is 0 Å². The number of para-hydroxylation sites is 1. The van der Waals surface area contributed by atoms with E-state index in [-0.39, 0.29) is 0 Å². The Labute approximate surface area is 83.7 Å². The molecule has 0 bridgehead atoms. The van der Waals surface area contributed by atoms with E-state index < -0.39 is 0 Å². The number of aromatic nitrogens is 2. The van der Waals surface area contributed by atoms with Gasteiger partial charge >= 0.3 is 0 Å². The zero-order valence-electron chi connectivity index (χ0n) is 8.62. The summed E-state index contributed by atoms with van der Waals surface area (Å²) in [5, 5.41) is 8.59. The first-order valence-electron chi connectivity index (χ1n) is 4.84. The number of hydrogen-bond acceptors (Lipinski definition) is 2. The minimum atomic E-state index is 1.02. The summed E-state index contributed by atoms with van der Waals surface area (Å²) in [7, 11) is 4.16. The number of aromatic amines is 1. The normalized spacial score (nSPS) is 11.4. The Kier molecular flexibility index (Phi) is 2.50. The van der Waals surface area contributed by atoms with Crippen molar-refractivity contribution in [2.24, 2.45) is 0 Å². The van der Waals surface area contributed by atoms with Crippen LogP contribution in [0, 0.1) is 0 Å². The monoisotopic (exact) mass is 189 g/mol. The molecular weight excluding hydrogens is 174 g/mol. The van der Waals surface area contributed by atoms with E-state index in [9.17, 15) is 0 Å². The maximum Gasteiger partial charge on any atom is 0.0923 e. The van der Waals surface area contributed by atoms with Crippen molar-refractivity contribution in [1.29, 1.82) is 0 Å². The van der Waals surface area contributed by atoms with Crippen LogP contribution in [0.2, 0.25) is 0 Å². The predicted molar refractivity (Wildman–Crippen MR) is 58.4 cm³/mol. The minimum absolute atomic E-state index is 1.02. The van der Waals surface area contributed by atoms with Crippen molar-refractivity contribution in [2.45, 2.75) is 6.42 Å². The first kappa shape index (κ1) is 9.21. The number of hydrogen-bond donors (Lipinski definition) is 1. The molecule has 1 aromatic heterocycles. The number of fused-ring (bicyclic) bond motifs is 1. The molecule has 2 rings (SSSR count). The summed E-state index contributed by atoms with van der Waals surface area (Å²) in [4.78, 5) is 2.18. The van der Waals surface area contributed by atoms with Gasteiger partial charge in [-0.2, -0.15) is 5.10 Å².